The number of nitrogens with zero attached hydrogens (tertiary/aromatic N) is 4. The molecule has 0 bridgehead atoms. The maximum absolute atomic E-state index is 12.7. The molecule has 0 spiro atoms. The van der Waals surface area contributed by atoms with Gasteiger partial charge in [0.1, 0.15) is 0 Å². The van der Waals surface area contributed by atoms with Gasteiger partial charge >= 0.3 is 6.18 Å². The quantitative estimate of drug-likeness (QED) is 0.579. The summed E-state index contributed by atoms with van der Waals surface area (Å²) >= 11 is 0. The third-order valence-electron chi connectivity index (χ3n) is 5.53. The lowest BCUT2D eigenvalue weighted by Gasteiger charge is -2.30. The zero-order valence-corrected chi connectivity index (χ0v) is 16.8. The number of alkyl halides is 3. The first-order valence-electron chi connectivity index (χ1n) is 10.1. The monoisotopic (exact) mass is 426 g/mol. The van der Waals surface area contributed by atoms with Crippen LogP contribution < -0.4 is 0 Å². The lowest BCUT2D eigenvalue weighted by Crippen LogP contribution is -2.32. The van der Waals surface area contributed by atoms with Crippen molar-refractivity contribution in [1.82, 2.24) is 15.0 Å². The smallest absolute Gasteiger partial charge is 0.339 e. The van der Waals surface area contributed by atoms with Crippen molar-refractivity contribution in [3.8, 4) is 6.07 Å². The number of benzene rings is 2. The summed E-state index contributed by atoms with van der Waals surface area (Å²) in [4.78, 5) is 6.82. The highest BCUT2D eigenvalue weighted by molar-refractivity contribution is 5.32. The van der Waals surface area contributed by atoms with Gasteiger partial charge in [-0.25, -0.2) is 0 Å². The Balaban J connectivity index is 1.31. The van der Waals surface area contributed by atoms with Crippen LogP contribution in [0.25, 0.3) is 0 Å². The van der Waals surface area contributed by atoms with E-state index in [1.807, 2.05) is 18.2 Å². The Morgan fingerprint density at radius 1 is 1.06 bits per heavy atom. The minimum absolute atomic E-state index is 0.176. The van der Waals surface area contributed by atoms with Crippen molar-refractivity contribution < 1.29 is 17.7 Å². The second kappa shape index (κ2) is 8.90. The van der Waals surface area contributed by atoms with E-state index in [4.69, 9.17) is 9.78 Å². The van der Waals surface area contributed by atoms with Gasteiger partial charge in [0.2, 0.25) is 5.89 Å². The van der Waals surface area contributed by atoms with E-state index in [2.05, 4.69) is 21.1 Å². The Hall–Kier alpha value is -3.18. The van der Waals surface area contributed by atoms with Crippen LogP contribution in [0.5, 0.6) is 0 Å². The molecule has 1 aliphatic heterocycles. The summed E-state index contributed by atoms with van der Waals surface area (Å²) in [5.74, 6) is 1.24. The van der Waals surface area contributed by atoms with Gasteiger partial charge in [-0.1, -0.05) is 29.4 Å². The average Bonchev–Trinajstić information content (AvgIpc) is 3.22. The number of hydrogen-bond donors (Lipinski definition) is 0. The summed E-state index contributed by atoms with van der Waals surface area (Å²) in [5.41, 5.74) is 1.82. The first-order chi connectivity index (χ1) is 14.9. The standard InChI is InChI=1S/C23H21F3N4O/c24-23(25,26)20-6-4-16(5-7-20)13-21-28-22(31-29-21)19-8-10-30(11-9-19)15-18-3-1-2-17(12-18)14-27/h1-7,12,19H,8-11,13,15H2. The summed E-state index contributed by atoms with van der Waals surface area (Å²) < 4.78 is 43.5. The molecule has 1 fully saturated rings. The fourth-order valence-electron chi connectivity index (χ4n) is 3.83. The van der Waals surface area contributed by atoms with Crippen LogP contribution in [0.4, 0.5) is 13.2 Å². The number of nitriles is 1. The number of likely N-dealkylation sites (tertiary alicyclic amines) is 1. The number of aromatic nitrogens is 2. The molecule has 1 aliphatic rings. The predicted molar refractivity (Wildman–Crippen MR) is 107 cm³/mol. The molecule has 1 saturated heterocycles. The summed E-state index contributed by atoms with van der Waals surface area (Å²) in [6.45, 7) is 2.57. The van der Waals surface area contributed by atoms with Crippen LogP contribution in [-0.2, 0) is 19.1 Å². The van der Waals surface area contributed by atoms with Crippen molar-refractivity contribution in [1.29, 1.82) is 5.26 Å². The van der Waals surface area contributed by atoms with E-state index >= 15 is 0 Å². The highest BCUT2D eigenvalue weighted by Gasteiger charge is 2.30. The fraction of sp³-hybridized carbons (Fsp3) is 0.348. The topological polar surface area (TPSA) is 66.0 Å². The number of halogens is 3. The predicted octanol–water partition coefficient (Wildman–Crippen LogP) is 4.93. The summed E-state index contributed by atoms with van der Waals surface area (Å²) in [6, 6.07) is 14.8. The van der Waals surface area contributed by atoms with Gasteiger partial charge < -0.3 is 4.52 Å². The molecule has 4 rings (SSSR count). The van der Waals surface area contributed by atoms with E-state index in [1.165, 1.54) is 12.1 Å². The summed E-state index contributed by atoms with van der Waals surface area (Å²) in [7, 11) is 0. The Labute approximate surface area is 178 Å². The first kappa shape index (κ1) is 21.1. The number of piperidine rings is 1. The average molecular weight is 426 g/mol. The number of rotatable bonds is 5. The zero-order chi connectivity index (χ0) is 21.8. The van der Waals surface area contributed by atoms with Gasteiger partial charge in [0.25, 0.3) is 0 Å². The summed E-state index contributed by atoms with van der Waals surface area (Å²) in [5, 5.41) is 13.0. The van der Waals surface area contributed by atoms with Gasteiger partial charge in [0.15, 0.2) is 5.82 Å². The van der Waals surface area contributed by atoms with Crippen molar-refractivity contribution in [2.75, 3.05) is 13.1 Å². The minimum atomic E-state index is -4.34. The van der Waals surface area contributed by atoms with Crippen LogP contribution in [0.3, 0.4) is 0 Å². The lowest BCUT2D eigenvalue weighted by molar-refractivity contribution is -0.137. The normalized spacial score (nSPS) is 15.7. The van der Waals surface area contributed by atoms with Crippen LogP contribution in [0.2, 0.25) is 0 Å². The van der Waals surface area contributed by atoms with Crippen molar-refractivity contribution in [2.45, 2.75) is 37.9 Å². The lowest BCUT2D eigenvalue weighted by atomic mass is 9.96. The highest BCUT2D eigenvalue weighted by Crippen LogP contribution is 2.30. The molecule has 5 nitrogen and oxygen atoms in total. The first-order valence-corrected chi connectivity index (χ1v) is 10.1. The molecule has 0 radical (unpaired) electrons. The Morgan fingerprint density at radius 2 is 1.81 bits per heavy atom. The maximum Gasteiger partial charge on any atom is 0.416 e. The van der Waals surface area contributed by atoms with Crippen molar-refractivity contribution in [3.63, 3.8) is 0 Å². The second-order valence-corrected chi connectivity index (χ2v) is 7.78. The van der Waals surface area contributed by atoms with Crippen LogP contribution in [0.1, 0.15) is 52.7 Å². The van der Waals surface area contributed by atoms with E-state index in [0.717, 1.165) is 50.2 Å². The van der Waals surface area contributed by atoms with Crippen molar-refractivity contribution in [2.24, 2.45) is 0 Å². The molecule has 160 valence electrons. The molecule has 0 saturated carbocycles. The van der Waals surface area contributed by atoms with E-state index in [0.29, 0.717) is 29.3 Å². The largest absolute Gasteiger partial charge is 0.416 e. The van der Waals surface area contributed by atoms with Gasteiger partial charge in [-0.15, -0.1) is 0 Å². The number of hydrogen-bond acceptors (Lipinski definition) is 5. The van der Waals surface area contributed by atoms with Crippen molar-refractivity contribution in [3.05, 3.63) is 82.5 Å². The third-order valence-corrected chi connectivity index (χ3v) is 5.53. The van der Waals surface area contributed by atoms with Crippen LogP contribution in [-0.4, -0.2) is 28.1 Å². The van der Waals surface area contributed by atoms with Gasteiger partial charge in [0.05, 0.1) is 17.2 Å². The van der Waals surface area contributed by atoms with E-state index < -0.39 is 11.7 Å². The third kappa shape index (κ3) is 5.30. The molecule has 31 heavy (non-hydrogen) atoms. The van der Waals surface area contributed by atoms with Crippen molar-refractivity contribution >= 4 is 0 Å². The zero-order valence-electron chi connectivity index (χ0n) is 16.8. The molecule has 0 N–H and O–H groups in total. The van der Waals surface area contributed by atoms with Gasteiger partial charge in [-0.2, -0.15) is 23.4 Å². The van der Waals surface area contributed by atoms with Crippen LogP contribution >= 0.6 is 0 Å². The minimum Gasteiger partial charge on any atom is -0.339 e. The second-order valence-electron chi connectivity index (χ2n) is 7.78. The maximum atomic E-state index is 12.7. The van der Waals surface area contributed by atoms with Gasteiger partial charge in [0, 0.05) is 18.9 Å². The Morgan fingerprint density at radius 3 is 2.48 bits per heavy atom. The SMILES string of the molecule is N#Cc1cccc(CN2CCC(c3nc(Cc4ccc(C(F)(F)F)cc4)no3)CC2)c1. The molecule has 0 aliphatic carbocycles. The molecule has 3 aromatic rings. The molecular formula is C23H21F3N4O. The Kier molecular flexibility index (Phi) is 6.05. The molecule has 1 aromatic heterocycles. The van der Waals surface area contributed by atoms with E-state index in [1.54, 1.807) is 6.07 Å². The molecular weight excluding hydrogens is 405 g/mol. The van der Waals surface area contributed by atoms with E-state index in [9.17, 15) is 13.2 Å². The molecule has 0 amide bonds. The van der Waals surface area contributed by atoms with Gasteiger partial charge in [-0.3, -0.25) is 4.90 Å². The highest BCUT2D eigenvalue weighted by atomic mass is 19.4. The fourth-order valence-corrected chi connectivity index (χ4v) is 3.83. The van der Waals surface area contributed by atoms with E-state index in [-0.39, 0.29) is 5.92 Å². The van der Waals surface area contributed by atoms with Crippen LogP contribution in [0, 0.1) is 11.3 Å². The molecule has 2 aromatic carbocycles. The van der Waals surface area contributed by atoms with Crippen LogP contribution in [0.15, 0.2) is 53.1 Å². The Bertz CT molecular complexity index is 1060. The van der Waals surface area contributed by atoms with Gasteiger partial charge in [-0.05, 0) is 61.3 Å². The molecule has 0 unspecified atom stereocenters. The molecule has 8 heteroatoms. The molecule has 0 atom stereocenters. The molecule has 2 heterocycles. The summed E-state index contributed by atoms with van der Waals surface area (Å²) in [6.07, 6.45) is -2.24.